The van der Waals surface area contributed by atoms with Crippen molar-refractivity contribution in [3.63, 3.8) is 0 Å². The van der Waals surface area contributed by atoms with Crippen LogP contribution in [0.4, 0.5) is 14.5 Å². The third-order valence-electron chi connectivity index (χ3n) is 1.96. The van der Waals surface area contributed by atoms with Gasteiger partial charge in [-0.05, 0) is 18.2 Å². The molecule has 0 aliphatic carbocycles. The fraction of sp³-hybridized carbons (Fsp3) is 0.364. The summed E-state index contributed by atoms with van der Waals surface area (Å²) in [6.07, 6.45) is -2.49. The van der Waals surface area contributed by atoms with E-state index < -0.39 is 13.0 Å². The number of carbonyl (C=O) groups is 1. The number of anilines is 1. The van der Waals surface area contributed by atoms with Crippen molar-refractivity contribution in [1.82, 2.24) is 5.32 Å². The molecule has 0 atom stereocenters. The topological polar surface area (TPSA) is 64.4 Å². The van der Waals surface area contributed by atoms with Crippen molar-refractivity contribution >= 4 is 27.5 Å². The first-order valence-electron chi connectivity index (χ1n) is 5.19. The molecule has 0 fully saturated rings. The molecule has 0 aromatic heterocycles. The first-order valence-corrected chi connectivity index (χ1v) is 5.98. The van der Waals surface area contributed by atoms with Gasteiger partial charge in [-0.15, -0.1) is 0 Å². The van der Waals surface area contributed by atoms with Gasteiger partial charge in [-0.25, -0.2) is 8.78 Å². The molecule has 0 unspecified atom stereocenters. The van der Waals surface area contributed by atoms with Gasteiger partial charge in [0.15, 0.2) is 0 Å². The molecule has 0 spiro atoms. The lowest BCUT2D eigenvalue weighted by Gasteiger charge is -2.07. The van der Waals surface area contributed by atoms with E-state index in [0.717, 1.165) is 0 Å². The van der Waals surface area contributed by atoms with E-state index in [1.165, 1.54) is 6.07 Å². The van der Waals surface area contributed by atoms with E-state index in [1.807, 2.05) is 0 Å². The molecule has 0 saturated heterocycles. The van der Waals surface area contributed by atoms with Gasteiger partial charge >= 0.3 is 0 Å². The van der Waals surface area contributed by atoms with E-state index in [9.17, 15) is 13.6 Å². The number of nitrogens with one attached hydrogen (secondary N) is 1. The third-order valence-corrected chi connectivity index (χ3v) is 2.42. The van der Waals surface area contributed by atoms with Crippen molar-refractivity contribution in [3.05, 3.63) is 28.2 Å². The van der Waals surface area contributed by atoms with Crippen molar-refractivity contribution in [1.29, 1.82) is 0 Å². The lowest BCUT2D eigenvalue weighted by Crippen LogP contribution is -2.27. The Morgan fingerprint density at radius 1 is 1.44 bits per heavy atom. The minimum atomic E-state index is -2.49. The quantitative estimate of drug-likeness (QED) is 0.622. The summed E-state index contributed by atoms with van der Waals surface area (Å²) < 4.78 is 28.8. The Balaban J connectivity index is 2.36. The van der Waals surface area contributed by atoms with E-state index in [-0.39, 0.29) is 19.1 Å². The van der Waals surface area contributed by atoms with Crippen molar-refractivity contribution < 1.29 is 18.3 Å². The Labute approximate surface area is 112 Å². The molecular weight excluding hydrogens is 310 g/mol. The molecule has 0 bridgehead atoms. The van der Waals surface area contributed by atoms with Crippen LogP contribution >= 0.6 is 15.9 Å². The van der Waals surface area contributed by atoms with Crippen LogP contribution in [0.5, 0.6) is 0 Å². The van der Waals surface area contributed by atoms with Gasteiger partial charge in [-0.3, -0.25) is 4.79 Å². The summed E-state index contributed by atoms with van der Waals surface area (Å²) in [5.74, 6) is -0.330. The highest BCUT2D eigenvalue weighted by atomic mass is 79.9. The van der Waals surface area contributed by atoms with Crippen LogP contribution in [0.3, 0.4) is 0 Å². The maximum absolute atomic E-state index is 11.7. The zero-order valence-corrected chi connectivity index (χ0v) is 11.0. The van der Waals surface area contributed by atoms with Crippen LogP contribution in [0.25, 0.3) is 0 Å². The molecule has 7 heteroatoms. The summed E-state index contributed by atoms with van der Waals surface area (Å²) in [7, 11) is 0. The van der Waals surface area contributed by atoms with Crippen molar-refractivity contribution in [2.45, 2.75) is 6.43 Å². The monoisotopic (exact) mass is 322 g/mol. The van der Waals surface area contributed by atoms with Crippen molar-refractivity contribution in [2.75, 3.05) is 25.5 Å². The lowest BCUT2D eigenvalue weighted by atomic mass is 10.2. The number of alkyl halides is 2. The van der Waals surface area contributed by atoms with Crippen molar-refractivity contribution in [2.24, 2.45) is 0 Å². The number of hydrogen-bond acceptors (Lipinski definition) is 3. The fourth-order valence-corrected chi connectivity index (χ4v) is 1.77. The summed E-state index contributed by atoms with van der Waals surface area (Å²) in [4.78, 5) is 11.7. The highest BCUT2D eigenvalue weighted by molar-refractivity contribution is 9.10. The molecule has 0 saturated carbocycles. The van der Waals surface area contributed by atoms with Gasteiger partial charge in [0, 0.05) is 22.3 Å². The molecule has 0 radical (unpaired) electrons. The van der Waals surface area contributed by atoms with E-state index in [1.54, 1.807) is 12.1 Å². The maximum atomic E-state index is 11.7. The summed E-state index contributed by atoms with van der Waals surface area (Å²) in [6, 6.07) is 4.81. The number of ether oxygens (including phenoxy) is 1. The second-order valence-electron chi connectivity index (χ2n) is 3.50. The Kier molecular flexibility index (Phi) is 6.00. The summed E-state index contributed by atoms with van der Waals surface area (Å²) in [5, 5.41) is 2.54. The molecule has 1 aromatic rings. The Morgan fingerprint density at radius 3 is 2.78 bits per heavy atom. The number of rotatable bonds is 6. The zero-order valence-electron chi connectivity index (χ0n) is 9.46. The second-order valence-corrected chi connectivity index (χ2v) is 4.41. The van der Waals surface area contributed by atoms with Crippen LogP contribution in [0, 0.1) is 0 Å². The van der Waals surface area contributed by atoms with Gasteiger partial charge in [0.1, 0.15) is 6.61 Å². The minimum absolute atomic E-state index is 0.0412. The van der Waals surface area contributed by atoms with Gasteiger partial charge in [0.2, 0.25) is 0 Å². The van der Waals surface area contributed by atoms with Gasteiger partial charge in [-0.2, -0.15) is 0 Å². The molecule has 3 N–H and O–H groups in total. The first-order chi connectivity index (χ1) is 8.49. The van der Waals surface area contributed by atoms with Crippen LogP contribution in [0.15, 0.2) is 22.7 Å². The third kappa shape index (κ3) is 5.42. The molecule has 1 rings (SSSR count). The smallest absolute Gasteiger partial charge is 0.261 e. The van der Waals surface area contributed by atoms with E-state index in [0.29, 0.717) is 15.7 Å². The number of hydrogen-bond donors (Lipinski definition) is 2. The lowest BCUT2D eigenvalue weighted by molar-refractivity contribution is 0.0188. The van der Waals surface area contributed by atoms with Gasteiger partial charge in [0.25, 0.3) is 12.3 Å². The Bertz CT molecular complexity index is 396. The molecule has 0 aliphatic heterocycles. The first kappa shape index (κ1) is 14.8. The van der Waals surface area contributed by atoms with Crippen LogP contribution in [0.2, 0.25) is 0 Å². The van der Waals surface area contributed by atoms with Crippen LogP contribution in [0.1, 0.15) is 10.4 Å². The molecule has 0 aliphatic rings. The van der Waals surface area contributed by atoms with Gasteiger partial charge in [0.05, 0.1) is 6.61 Å². The van der Waals surface area contributed by atoms with E-state index >= 15 is 0 Å². The van der Waals surface area contributed by atoms with E-state index in [2.05, 4.69) is 26.0 Å². The SMILES string of the molecule is Nc1cc(Br)cc(C(=O)NCCOCC(F)F)c1. The average molecular weight is 323 g/mol. The molecule has 1 aromatic carbocycles. The number of benzene rings is 1. The molecule has 18 heavy (non-hydrogen) atoms. The van der Waals surface area contributed by atoms with E-state index in [4.69, 9.17) is 5.73 Å². The highest BCUT2D eigenvalue weighted by Crippen LogP contribution is 2.17. The van der Waals surface area contributed by atoms with Gasteiger partial charge < -0.3 is 15.8 Å². The Hall–Kier alpha value is -1.21. The van der Waals surface area contributed by atoms with Crippen LogP contribution in [-0.4, -0.2) is 32.1 Å². The summed E-state index contributed by atoms with van der Waals surface area (Å²) >= 11 is 3.22. The number of nitrogens with two attached hydrogens (primary N) is 1. The van der Waals surface area contributed by atoms with Crippen molar-refractivity contribution in [3.8, 4) is 0 Å². The minimum Gasteiger partial charge on any atom is -0.399 e. The number of halogens is 3. The standard InChI is InChI=1S/C11H13BrF2N2O2/c12-8-3-7(4-9(15)5-8)11(17)16-1-2-18-6-10(13)14/h3-5,10H,1-2,6,15H2,(H,16,17). The summed E-state index contributed by atoms with van der Waals surface area (Å²) in [5.41, 5.74) is 6.45. The number of carbonyl (C=O) groups excluding carboxylic acids is 1. The number of nitrogen functional groups attached to an aromatic ring is 1. The number of amides is 1. The molecule has 0 heterocycles. The predicted octanol–water partition coefficient (Wildman–Crippen LogP) is 2.04. The average Bonchev–Trinajstić information content (AvgIpc) is 2.26. The fourth-order valence-electron chi connectivity index (χ4n) is 1.25. The molecule has 4 nitrogen and oxygen atoms in total. The molecular formula is C11H13BrF2N2O2. The maximum Gasteiger partial charge on any atom is 0.261 e. The zero-order chi connectivity index (χ0) is 13.5. The summed E-state index contributed by atoms with van der Waals surface area (Å²) in [6.45, 7) is -0.419. The largest absolute Gasteiger partial charge is 0.399 e. The highest BCUT2D eigenvalue weighted by Gasteiger charge is 2.07. The second kappa shape index (κ2) is 7.27. The predicted molar refractivity (Wildman–Crippen MR) is 67.7 cm³/mol. The van der Waals surface area contributed by atoms with Crippen LogP contribution in [-0.2, 0) is 4.74 Å². The normalized spacial score (nSPS) is 10.7. The Morgan fingerprint density at radius 2 is 2.17 bits per heavy atom. The van der Waals surface area contributed by atoms with Gasteiger partial charge in [-0.1, -0.05) is 15.9 Å². The molecule has 100 valence electrons. The van der Waals surface area contributed by atoms with Crippen LogP contribution < -0.4 is 11.1 Å². The molecule has 1 amide bonds.